The monoisotopic (exact) mass is 386 g/mol. The summed E-state index contributed by atoms with van der Waals surface area (Å²) in [5, 5.41) is 26.5. The summed E-state index contributed by atoms with van der Waals surface area (Å²) in [6, 6.07) is 8.56. The molecule has 1 aliphatic carbocycles. The van der Waals surface area contributed by atoms with Crippen LogP contribution in [0.4, 0.5) is 0 Å². The number of H-pyrrole nitrogens is 1. The molecular weight excluding hydrogens is 356 g/mol. The zero-order chi connectivity index (χ0) is 19.5. The highest BCUT2D eigenvalue weighted by Gasteiger charge is 2.26. The topological polar surface area (TPSA) is 84.8 Å². The van der Waals surface area contributed by atoms with Crippen molar-refractivity contribution in [3.63, 3.8) is 0 Å². The molecule has 1 fully saturated rings. The van der Waals surface area contributed by atoms with E-state index in [0.717, 1.165) is 43.2 Å². The molecule has 1 aliphatic heterocycles. The van der Waals surface area contributed by atoms with Gasteiger partial charge in [0.25, 0.3) is 0 Å². The maximum Gasteiger partial charge on any atom is 0.123 e. The second-order valence-corrected chi connectivity index (χ2v) is 8.13. The van der Waals surface area contributed by atoms with E-state index >= 15 is 0 Å². The van der Waals surface area contributed by atoms with Gasteiger partial charge in [-0.15, -0.1) is 0 Å². The van der Waals surface area contributed by atoms with Gasteiger partial charge in [-0.2, -0.15) is 5.10 Å². The lowest BCUT2D eigenvalue weighted by atomic mass is 10.1. The Kier molecular flexibility index (Phi) is 5.96. The molecule has 2 aliphatic rings. The van der Waals surface area contributed by atoms with Gasteiger partial charge in [-0.05, 0) is 43.7 Å². The van der Waals surface area contributed by atoms with Crippen molar-refractivity contribution in [3.8, 4) is 5.75 Å². The van der Waals surface area contributed by atoms with Gasteiger partial charge in [0.2, 0.25) is 0 Å². The van der Waals surface area contributed by atoms with Crippen LogP contribution in [0.3, 0.4) is 0 Å². The molecule has 4 rings (SSSR count). The summed E-state index contributed by atoms with van der Waals surface area (Å²) in [6.07, 6.45) is 1.82. The molecule has 1 atom stereocenters. The van der Waals surface area contributed by atoms with Gasteiger partial charge in [0.05, 0.1) is 18.4 Å². The lowest BCUT2D eigenvalue weighted by Gasteiger charge is -2.22. The normalized spacial score (nSPS) is 18.6. The number of aromatic nitrogens is 2. The average Bonchev–Trinajstić information content (AvgIpc) is 3.45. The Balaban J connectivity index is 1.38. The third-order valence-electron chi connectivity index (χ3n) is 5.40. The number of rotatable bonds is 8. The number of benzene rings is 1. The molecule has 2 aromatic rings. The third kappa shape index (κ3) is 4.91. The zero-order valence-corrected chi connectivity index (χ0v) is 16.5. The van der Waals surface area contributed by atoms with Gasteiger partial charge >= 0.3 is 0 Å². The summed E-state index contributed by atoms with van der Waals surface area (Å²) in [5.41, 5.74) is 4.73. The van der Waals surface area contributed by atoms with E-state index in [1.807, 2.05) is 6.07 Å². The van der Waals surface area contributed by atoms with Crippen molar-refractivity contribution >= 4 is 0 Å². The molecule has 0 amide bonds. The number of aliphatic hydroxyl groups is 2. The number of β-amino-alcohol motifs (C(OH)–C–C–N with tert-alkyl or cyclic N) is 1. The molecule has 2 heterocycles. The molecule has 152 valence electrons. The predicted octanol–water partition coefficient (Wildman–Crippen LogP) is 1.47. The largest absolute Gasteiger partial charge is 0.492 e. The van der Waals surface area contributed by atoms with Gasteiger partial charge < -0.3 is 14.9 Å². The highest BCUT2D eigenvalue weighted by Crippen LogP contribution is 2.39. The van der Waals surface area contributed by atoms with Crippen LogP contribution in [-0.4, -0.2) is 69.7 Å². The molecule has 1 aromatic carbocycles. The van der Waals surface area contributed by atoms with Crippen molar-refractivity contribution in [2.24, 2.45) is 0 Å². The zero-order valence-electron chi connectivity index (χ0n) is 16.5. The van der Waals surface area contributed by atoms with E-state index < -0.39 is 6.10 Å². The van der Waals surface area contributed by atoms with Crippen LogP contribution in [0.5, 0.6) is 5.75 Å². The first-order valence-corrected chi connectivity index (χ1v) is 10.1. The lowest BCUT2D eigenvalue weighted by molar-refractivity contribution is 0.0552. The second-order valence-electron chi connectivity index (χ2n) is 8.13. The Morgan fingerprint density at radius 2 is 2.18 bits per heavy atom. The second kappa shape index (κ2) is 8.61. The summed E-state index contributed by atoms with van der Waals surface area (Å²) in [6.45, 7) is 3.96. The van der Waals surface area contributed by atoms with E-state index in [1.54, 1.807) is 0 Å². The fraction of sp³-hybridized carbons (Fsp3) is 0.571. The van der Waals surface area contributed by atoms with Crippen LogP contribution >= 0.6 is 0 Å². The molecule has 28 heavy (non-hydrogen) atoms. The van der Waals surface area contributed by atoms with E-state index in [-0.39, 0.29) is 6.61 Å². The Labute approximate surface area is 165 Å². The Morgan fingerprint density at radius 3 is 2.96 bits per heavy atom. The van der Waals surface area contributed by atoms with Gasteiger partial charge in [0.1, 0.15) is 12.4 Å². The Hall–Kier alpha value is -1.93. The summed E-state index contributed by atoms with van der Waals surface area (Å²) in [5.74, 6) is 1.59. The molecule has 7 nitrogen and oxygen atoms in total. The van der Waals surface area contributed by atoms with Gasteiger partial charge in [-0.25, -0.2) is 0 Å². The van der Waals surface area contributed by atoms with Gasteiger partial charge in [-0.1, -0.05) is 6.07 Å². The smallest absolute Gasteiger partial charge is 0.123 e. The first-order chi connectivity index (χ1) is 13.6. The Bertz CT molecular complexity index is 790. The minimum Gasteiger partial charge on any atom is -0.492 e. The van der Waals surface area contributed by atoms with Crippen molar-refractivity contribution < 1.29 is 14.9 Å². The molecular formula is C21H30N4O3. The SMILES string of the molecule is CN(Cc1ccc2c(c1)CN(CC(O)CO)CCO2)Cc1cc(C2CC2)n[nH]1. The minimum absolute atomic E-state index is 0.217. The number of aliphatic hydroxyl groups excluding tert-OH is 2. The van der Waals surface area contributed by atoms with Crippen molar-refractivity contribution in [2.45, 2.75) is 44.5 Å². The number of aromatic amines is 1. The fourth-order valence-electron chi connectivity index (χ4n) is 3.82. The van der Waals surface area contributed by atoms with E-state index in [2.05, 4.69) is 45.2 Å². The molecule has 0 bridgehead atoms. The fourth-order valence-corrected chi connectivity index (χ4v) is 3.82. The highest BCUT2D eigenvalue weighted by molar-refractivity contribution is 5.38. The Morgan fingerprint density at radius 1 is 1.32 bits per heavy atom. The van der Waals surface area contributed by atoms with E-state index in [1.165, 1.54) is 24.1 Å². The van der Waals surface area contributed by atoms with Crippen LogP contribution in [0.2, 0.25) is 0 Å². The van der Waals surface area contributed by atoms with E-state index in [0.29, 0.717) is 19.1 Å². The summed E-state index contributed by atoms with van der Waals surface area (Å²) < 4.78 is 5.87. The molecule has 3 N–H and O–H groups in total. The molecule has 1 aromatic heterocycles. The molecule has 1 unspecified atom stereocenters. The average molecular weight is 386 g/mol. The van der Waals surface area contributed by atoms with E-state index in [4.69, 9.17) is 9.84 Å². The number of fused-ring (bicyclic) bond motifs is 1. The minimum atomic E-state index is -0.717. The van der Waals surface area contributed by atoms with Gasteiger partial charge in [0, 0.05) is 49.9 Å². The lowest BCUT2D eigenvalue weighted by Crippen LogP contribution is -2.35. The molecule has 0 saturated heterocycles. The number of ether oxygens (including phenoxy) is 1. The maximum absolute atomic E-state index is 9.76. The third-order valence-corrected chi connectivity index (χ3v) is 5.40. The van der Waals surface area contributed by atoms with Crippen LogP contribution in [0.15, 0.2) is 24.3 Å². The van der Waals surface area contributed by atoms with Crippen LogP contribution in [-0.2, 0) is 19.6 Å². The molecule has 1 saturated carbocycles. The number of hydrogen-bond acceptors (Lipinski definition) is 6. The number of nitrogens with zero attached hydrogens (tertiary/aromatic N) is 3. The summed E-state index contributed by atoms with van der Waals surface area (Å²) in [4.78, 5) is 4.40. The van der Waals surface area contributed by atoms with Crippen molar-refractivity contribution in [1.82, 2.24) is 20.0 Å². The predicted molar refractivity (Wildman–Crippen MR) is 106 cm³/mol. The quantitative estimate of drug-likeness (QED) is 0.637. The van der Waals surface area contributed by atoms with Gasteiger partial charge in [-0.3, -0.25) is 14.9 Å². The summed E-state index contributed by atoms with van der Waals surface area (Å²) in [7, 11) is 2.11. The first-order valence-electron chi connectivity index (χ1n) is 10.1. The highest BCUT2D eigenvalue weighted by atomic mass is 16.5. The maximum atomic E-state index is 9.76. The standard InChI is InChI=1S/C21H30N4O3/c1-24(12-18-9-20(23-22-18)16-3-4-16)10-15-2-5-21-17(8-15)11-25(6-7-28-21)13-19(27)14-26/h2,5,8-9,16,19,26-27H,3-4,6-7,10-14H2,1H3,(H,22,23). The number of hydrogen-bond donors (Lipinski definition) is 3. The van der Waals surface area contributed by atoms with E-state index in [9.17, 15) is 5.11 Å². The first kappa shape index (κ1) is 19.4. The molecule has 0 radical (unpaired) electrons. The van der Waals surface area contributed by atoms with Crippen molar-refractivity contribution in [2.75, 3.05) is 33.4 Å². The molecule has 0 spiro atoms. The molecule has 7 heteroatoms. The van der Waals surface area contributed by atoms with Crippen molar-refractivity contribution in [3.05, 3.63) is 46.8 Å². The van der Waals surface area contributed by atoms with Crippen LogP contribution < -0.4 is 4.74 Å². The van der Waals surface area contributed by atoms with Crippen LogP contribution in [0.25, 0.3) is 0 Å². The summed E-state index contributed by atoms with van der Waals surface area (Å²) >= 11 is 0. The van der Waals surface area contributed by atoms with Crippen LogP contribution in [0, 0.1) is 0 Å². The van der Waals surface area contributed by atoms with Gasteiger partial charge in [0.15, 0.2) is 0 Å². The van der Waals surface area contributed by atoms with Crippen molar-refractivity contribution in [1.29, 1.82) is 0 Å². The van der Waals surface area contributed by atoms with Crippen LogP contribution in [0.1, 0.15) is 41.3 Å². The number of nitrogens with one attached hydrogen (secondary N) is 1.